The Labute approximate surface area is 59.0 Å². The molecule has 0 saturated carbocycles. The van der Waals surface area contributed by atoms with Gasteiger partial charge >= 0.3 is 0 Å². The molecule has 0 aliphatic heterocycles. The largest absolute Gasteiger partial charge is 0.411 e. The van der Waals surface area contributed by atoms with E-state index in [4.69, 9.17) is 11.1 Å². The molecule has 0 aliphatic carbocycles. The van der Waals surface area contributed by atoms with Crippen molar-refractivity contribution in [2.75, 3.05) is 7.11 Å². The first-order valence-electron chi connectivity index (χ1n) is 2.88. The van der Waals surface area contributed by atoms with Crippen molar-refractivity contribution in [1.82, 2.24) is 0 Å². The van der Waals surface area contributed by atoms with Gasteiger partial charge in [0.1, 0.15) is 0 Å². The lowest BCUT2D eigenvalue weighted by molar-refractivity contribution is 0.455. The Bertz CT molecular complexity index is 20.4. The van der Waals surface area contributed by atoms with Crippen LogP contribution in [0.4, 0.5) is 0 Å². The first kappa shape index (κ1) is 11.3. The van der Waals surface area contributed by atoms with Gasteiger partial charge in [0.05, 0.1) is 0 Å². The van der Waals surface area contributed by atoms with Crippen LogP contribution in [0.15, 0.2) is 0 Å². The SMILES string of the molecule is CCCC.CO[SiH2]Cl. The summed E-state index contributed by atoms with van der Waals surface area (Å²) >= 11 is 5.10. The number of unbranched alkanes of at least 4 members (excludes halogenated alkanes) is 1. The Hall–Kier alpha value is 0.467. The predicted molar refractivity (Wildman–Crippen MR) is 42.0 cm³/mol. The van der Waals surface area contributed by atoms with Gasteiger partial charge < -0.3 is 4.43 Å². The van der Waals surface area contributed by atoms with E-state index in [0.717, 1.165) is 0 Å². The number of hydrogen-bond donors (Lipinski definition) is 0. The fourth-order valence-corrected chi connectivity index (χ4v) is 0. The van der Waals surface area contributed by atoms with Crippen LogP contribution in [0.5, 0.6) is 0 Å². The normalized spacial score (nSPS) is 9.00. The van der Waals surface area contributed by atoms with Gasteiger partial charge in [0.25, 0.3) is 9.07 Å². The highest BCUT2D eigenvalue weighted by atomic mass is 35.6. The summed E-state index contributed by atoms with van der Waals surface area (Å²) in [6.07, 6.45) is 2.64. The predicted octanol–water partition coefficient (Wildman–Crippen LogP) is 1.68. The van der Waals surface area contributed by atoms with Crippen LogP contribution >= 0.6 is 11.1 Å². The van der Waals surface area contributed by atoms with Crippen molar-refractivity contribution in [1.29, 1.82) is 0 Å². The molecule has 0 amide bonds. The van der Waals surface area contributed by atoms with Crippen molar-refractivity contribution in [3.63, 3.8) is 0 Å². The summed E-state index contributed by atoms with van der Waals surface area (Å²) in [6.45, 7) is 4.36. The van der Waals surface area contributed by atoms with E-state index in [2.05, 4.69) is 18.3 Å². The van der Waals surface area contributed by atoms with E-state index in [1.165, 1.54) is 12.8 Å². The second-order valence-corrected chi connectivity index (χ2v) is 2.85. The van der Waals surface area contributed by atoms with E-state index >= 15 is 0 Å². The smallest absolute Gasteiger partial charge is 0.257 e. The van der Waals surface area contributed by atoms with E-state index in [0.29, 0.717) is 0 Å². The van der Waals surface area contributed by atoms with E-state index in [9.17, 15) is 0 Å². The van der Waals surface area contributed by atoms with Gasteiger partial charge in [0.2, 0.25) is 0 Å². The summed E-state index contributed by atoms with van der Waals surface area (Å²) in [5, 5.41) is 0. The zero-order chi connectivity index (χ0) is 6.83. The van der Waals surface area contributed by atoms with Crippen molar-refractivity contribution in [3.8, 4) is 0 Å². The molecule has 0 N–H and O–H groups in total. The first-order chi connectivity index (χ1) is 3.83. The number of halogens is 1. The molecular formula is C5H15ClOSi. The Kier molecular flexibility index (Phi) is 22.1. The standard InChI is InChI=1S/C4H10.CH5ClOSi/c2*1-3-4-2/h3-4H2,1-2H3;4H2,1H3. The van der Waals surface area contributed by atoms with Gasteiger partial charge in [-0.15, -0.1) is 11.1 Å². The zero-order valence-electron chi connectivity index (χ0n) is 5.91. The molecule has 1 nitrogen and oxygen atoms in total. The third-order valence-corrected chi connectivity index (χ3v) is 1.48. The van der Waals surface area contributed by atoms with Gasteiger partial charge in [-0.3, -0.25) is 0 Å². The summed E-state index contributed by atoms with van der Waals surface area (Å²) in [5.74, 6) is 0. The lowest BCUT2D eigenvalue weighted by Crippen LogP contribution is -1.75. The Morgan fingerprint density at radius 1 is 1.38 bits per heavy atom. The third-order valence-electron chi connectivity index (χ3n) is 0.609. The number of rotatable bonds is 2. The minimum absolute atomic E-state index is 0.603. The van der Waals surface area contributed by atoms with Crippen molar-refractivity contribution < 1.29 is 4.43 Å². The van der Waals surface area contributed by atoms with Crippen LogP contribution in [-0.2, 0) is 4.43 Å². The van der Waals surface area contributed by atoms with Gasteiger partial charge in [-0.1, -0.05) is 26.7 Å². The maximum atomic E-state index is 5.10. The molecular weight excluding hydrogens is 140 g/mol. The molecule has 0 aliphatic rings. The third kappa shape index (κ3) is 31.8. The Balaban J connectivity index is 0. The van der Waals surface area contributed by atoms with Crippen LogP contribution < -0.4 is 0 Å². The average Bonchev–Trinajstić information content (AvgIpc) is 1.88. The fraction of sp³-hybridized carbons (Fsp3) is 1.00. The number of hydrogen-bond acceptors (Lipinski definition) is 1. The topological polar surface area (TPSA) is 9.23 Å². The highest BCUT2D eigenvalue weighted by molar-refractivity contribution is 6.89. The van der Waals surface area contributed by atoms with E-state index in [1.807, 2.05) is 0 Å². The average molecular weight is 155 g/mol. The molecule has 0 fully saturated rings. The van der Waals surface area contributed by atoms with Crippen molar-refractivity contribution in [3.05, 3.63) is 0 Å². The van der Waals surface area contributed by atoms with Crippen molar-refractivity contribution in [2.45, 2.75) is 26.7 Å². The molecule has 0 aromatic carbocycles. The fourth-order valence-electron chi connectivity index (χ4n) is 0. The highest BCUT2D eigenvalue weighted by Gasteiger charge is 1.58. The second kappa shape index (κ2) is 15.7. The van der Waals surface area contributed by atoms with Gasteiger partial charge in [0.15, 0.2) is 0 Å². The van der Waals surface area contributed by atoms with Crippen molar-refractivity contribution >= 4 is 20.2 Å². The summed E-state index contributed by atoms with van der Waals surface area (Å²) < 4.78 is 4.45. The molecule has 3 heteroatoms. The lowest BCUT2D eigenvalue weighted by atomic mass is 10.4. The monoisotopic (exact) mass is 154 g/mol. The van der Waals surface area contributed by atoms with E-state index < -0.39 is 9.07 Å². The molecule has 0 rings (SSSR count). The van der Waals surface area contributed by atoms with Crippen LogP contribution in [0.2, 0.25) is 0 Å². The van der Waals surface area contributed by atoms with E-state index in [-0.39, 0.29) is 0 Å². The summed E-state index contributed by atoms with van der Waals surface area (Å²) in [4.78, 5) is 0. The maximum absolute atomic E-state index is 5.10. The Morgan fingerprint density at radius 3 is 1.62 bits per heavy atom. The van der Waals surface area contributed by atoms with Gasteiger partial charge in [-0.05, 0) is 0 Å². The molecule has 0 heterocycles. The van der Waals surface area contributed by atoms with Crippen LogP contribution in [-0.4, -0.2) is 16.2 Å². The van der Waals surface area contributed by atoms with Crippen LogP contribution in [0, 0.1) is 0 Å². The minimum Gasteiger partial charge on any atom is -0.411 e. The molecule has 0 radical (unpaired) electrons. The Morgan fingerprint density at radius 2 is 1.62 bits per heavy atom. The highest BCUT2D eigenvalue weighted by Crippen LogP contribution is 1.76. The molecule has 0 spiro atoms. The maximum Gasteiger partial charge on any atom is 0.257 e. The molecule has 0 bridgehead atoms. The first-order valence-corrected chi connectivity index (χ1v) is 5.59. The van der Waals surface area contributed by atoms with E-state index in [1.54, 1.807) is 7.11 Å². The molecule has 0 atom stereocenters. The summed E-state index contributed by atoms with van der Waals surface area (Å²) in [7, 11) is 1.01. The molecule has 52 valence electrons. The molecule has 8 heavy (non-hydrogen) atoms. The molecule has 0 aromatic rings. The van der Waals surface area contributed by atoms with Crippen LogP contribution in [0.1, 0.15) is 26.7 Å². The lowest BCUT2D eigenvalue weighted by Gasteiger charge is -1.72. The minimum atomic E-state index is -0.603. The quantitative estimate of drug-likeness (QED) is 0.435. The van der Waals surface area contributed by atoms with Gasteiger partial charge in [-0.2, -0.15) is 0 Å². The van der Waals surface area contributed by atoms with Crippen LogP contribution in [0.25, 0.3) is 0 Å². The van der Waals surface area contributed by atoms with Crippen molar-refractivity contribution in [2.24, 2.45) is 0 Å². The van der Waals surface area contributed by atoms with Gasteiger partial charge in [-0.25, -0.2) is 0 Å². The molecule has 0 aromatic heterocycles. The summed E-state index contributed by atoms with van der Waals surface area (Å²) in [6, 6.07) is 0. The second-order valence-electron chi connectivity index (χ2n) is 1.40. The van der Waals surface area contributed by atoms with Gasteiger partial charge in [0, 0.05) is 7.11 Å². The summed E-state index contributed by atoms with van der Waals surface area (Å²) in [5.41, 5.74) is 0. The molecule has 0 unspecified atom stereocenters. The van der Waals surface area contributed by atoms with Crippen LogP contribution in [0.3, 0.4) is 0 Å². The molecule has 0 saturated heterocycles. The zero-order valence-corrected chi connectivity index (χ0v) is 8.08.